The average molecular weight is 327 g/mol. The minimum Gasteiger partial charge on any atom is -0.461 e. The van der Waals surface area contributed by atoms with Gasteiger partial charge < -0.3 is 4.74 Å². The third kappa shape index (κ3) is 3.95. The van der Waals surface area contributed by atoms with Crippen molar-refractivity contribution in [3.8, 4) is 11.8 Å². The highest BCUT2D eigenvalue weighted by Gasteiger charge is 2.18. The lowest BCUT2D eigenvalue weighted by atomic mass is 10.2. The maximum absolute atomic E-state index is 12.2. The lowest BCUT2D eigenvalue weighted by Crippen LogP contribution is -2.37. The number of aromatic nitrogens is 2. The lowest BCUT2D eigenvalue weighted by molar-refractivity contribution is 0.0520. The van der Waals surface area contributed by atoms with E-state index in [-0.39, 0.29) is 5.69 Å². The largest absolute Gasteiger partial charge is 0.461 e. The van der Waals surface area contributed by atoms with E-state index in [1.807, 2.05) is 28.8 Å². The molecule has 0 aliphatic carbocycles. The Kier molecular flexibility index (Phi) is 5.99. The zero-order valence-corrected chi connectivity index (χ0v) is 15.0. The van der Waals surface area contributed by atoms with Gasteiger partial charge in [-0.1, -0.05) is 12.0 Å². The summed E-state index contributed by atoms with van der Waals surface area (Å²) in [6.07, 6.45) is 1.86. The van der Waals surface area contributed by atoms with Crippen molar-refractivity contribution in [1.29, 1.82) is 0 Å². The number of ether oxygens (including phenoxy) is 1. The molecule has 2 aromatic rings. The Morgan fingerprint density at radius 1 is 1.29 bits per heavy atom. The highest BCUT2D eigenvalue weighted by molar-refractivity contribution is 5.91. The number of nitrogens with zero attached hydrogens (tertiary/aromatic N) is 3. The fourth-order valence-electron chi connectivity index (χ4n) is 2.63. The summed E-state index contributed by atoms with van der Waals surface area (Å²) in [5.74, 6) is 5.88. The number of pyridine rings is 1. The van der Waals surface area contributed by atoms with Crippen LogP contribution in [0.2, 0.25) is 0 Å². The molecule has 0 fully saturated rings. The first-order valence-corrected chi connectivity index (χ1v) is 8.34. The van der Waals surface area contributed by atoms with Crippen molar-refractivity contribution in [2.75, 3.05) is 13.2 Å². The van der Waals surface area contributed by atoms with Gasteiger partial charge in [0.1, 0.15) is 11.3 Å². The van der Waals surface area contributed by atoms with Crippen LogP contribution in [0.1, 0.15) is 50.8 Å². The third-order valence-electron chi connectivity index (χ3n) is 3.79. The quantitative estimate of drug-likeness (QED) is 0.626. The van der Waals surface area contributed by atoms with Crippen molar-refractivity contribution in [2.45, 2.75) is 46.7 Å². The Balaban J connectivity index is 2.39. The summed E-state index contributed by atoms with van der Waals surface area (Å²) < 4.78 is 6.94. The minimum atomic E-state index is -0.435. The number of esters is 1. The summed E-state index contributed by atoms with van der Waals surface area (Å²) >= 11 is 0. The molecule has 5 heteroatoms. The maximum atomic E-state index is 12.2. The van der Waals surface area contributed by atoms with Crippen LogP contribution >= 0.6 is 0 Å². The Labute approximate surface area is 143 Å². The Hall–Kier alpha value is -2.32. The van der Waals surface area contributed by atoms with Crippen LogP contribution in [0.5, 0.6) is 0 Å². The second kappa shape index (κ2) is 7.98. The number of rotatable bonds is 5. The van der Waals surface area contributed by atoms with Gasteiger partial charge in [0.2, 0.25) is 0 Å². The van der Waals surface area contributed by atoms with Crippen LogP contribution in [0.15, 0.2) is 24.4 Å². The average Bonchev–Trinajstić information content (AvgIpc) is 2.90. The third-order valence-corrected chi connectivity index (χ3v) is 3.79. The first-order valence-electron chi connectivity index (χ1n) is 8.34. The van der Waals surface area contributed by atoms with Crippen molar-refractivity contribution in [1.82, 2.24) is 14.3 Å². The van der Waals surface area contributed by atoms with Crippen LogP contribution < -0.4 is 0 Å². The summed E-state index contributed by atoms with van der Waals surface area (Å²) in [4.78, 5) is 18.8. The molecular weight excluding hydrogens is 302 g/mol. The molecule has 0 amide bonds. The molecular formula is C19H25N3O2. The molecule has 0 atom stereocenters. The zero-order chi connectivity index (χ0) is 17.7. The molecule has 24 heavy (non-hydrogen) atoms. The van der Waals surface area contributed by atoms with Crippen LogP contribution in [0.4, 0.5) is 0 Å². The molecule has 128 valence electrons. The van der Waals surface area contributed by atoms with Gasteiger partial charge >= 0.3 is 5.97 Å². The van der Waals surface area contributed by atoms with Crippen LogP contribution in [0, 0.1) is 11.8 Å². The van der Waals surface area contributed by atoms with Crippen molar-refractivity contribution in [3.63, 3.8) is 0 Å². The van der Waals surface area contributed by atoms with E-state index < -0.39 is 5.97 Å². The molecule has 2 rings (SSSR count). The minimum absolute atomic E-state index is 0.274. The number of hydrogen-bond acceptors (Lipinski definition) is 4. The van der Waals surface area contributed by atoms with E-state index in [4.69, 9.17) is 4.74 Å². The van der Waals surface area contributed by atoms with Gasteiger partial charge in [-0.15, -0.1) is 0 Å². The molecule has 2 heterocycles. The highest BCUT2D eigenvalue weighted by atomic mass is 16.5. The molecule has 0 radical (unpaired) electrons. The zero-order valence-electron chi connectivity index (χ0n) is 15.0. The van der Waals surface area contributed by atoms with Gasteiger partial charge in [0, 0.05) is 18.3 Å². The fourth-order valence-corrected chi connectivity index (χ4v) is 2.63. The molecule has 0 aliphatic heterocycles. The topological polar surface area (TPSA) is 46.8 Å². The number of hydrogen-bond donors (Lipinski definition) is 0. The molecule has 0 aromatic carbocycles. The number of carbonyl (C=O) groups is 1. The maximum Gasteiger partial charge on any atom is 0.359 e. The molecule has 0 spiro atoms. The van der Waals surface area contributed by atoms with E-state index in [0.29, 0.717) is 36.6 Å². The van der Waals surface area contributed by atoms with E-state index in [2.05, 4.69) is 49.4 Å². The molecule has 0 aliphatic rings. The van der Waals surface area contributed by atoms with E-state index in [0.717, 1.165) is 0 Å². The number of carbonyl (C=O) groups excluding carboxylic acids is 1. The Morgan fingerprint density at radius 3 is 2.62 bits per heavy atom. The molecule has 0 saturated carbocycles. The molecule has 0 unspecified atom stereocenters. The van der Waals surface area contributed by atoms with Crippen LogP contribution in [0.25, 0.3) is 5.65 Å². The normalized spacial score (nSPS) is 11.2. The van der Waals surface area contributed by atoms with Gasteiger partial charge in [0.15, 0.2) is 5.69 Å². The van der Waals surface area contributed by atoms with Gasteiger partial charge in [0.25, 0.3) is 0 Å². The molecule has 5 nitrogen and oxygen atoms in total. The van der Waals surface area contributed by atoms with Crippen molar-refractivity contribution < 1.29 is 9.53 Å². The van der Waals surface area contributed by atoms with Crippen molar-refractivity contribution in [2.24, 2.45) is 0 Å². The van der Waals surface area contributed by atoms with Gasteiger partial charge in [-0.25, -0.2) is 9.78 Å². The SMILES string of the molecule is CCOC(=O)c1nc2ccccn2c1C#CCN(C(C)C)C(C)C. The van der Waals surface area contributed by atoms with Crippen molar-refractivity contribution in [3.05, 3.63) is 35.8 Å². The number of fused-ring (bicyclic) bond motifs is 1. The van der Waals surface area contributed by atoms with E-state index in [1.165, 1.54) is 0 Å². The van der Waals surface area contributed by atoms with Gasteiger partial charge in [-0.05, 0) is 52.7 Å². The Morgan fingerprint density at radius 2 is 2.00 bits per heavy atom. The van der Waals surface area contributed by atoms with E-state index >= 15 is 0 Å². The lowest BCUT2D eigenvalue weighted by Gasteiger charge is -2.28. The first-order chi connectivity index (χ1) is 11.5. The predicted molar refractivity (Wildman–Crippen MR) is 95.0 cm³/mol. The van der Waals surface area contributed by atoms with Crippen LogP contribution in [-0.4, -0.2) is 45.5 Å². The van der Waals surface area contributed by atoms with Gasteiger partial charge in [0.05, 0.1) is 13.2 Å². The monoisotopic (exact) mass is 327 g/mol. The Bertz CT molecular complexity index is 758. The van der Waals surface area contributed by atoms with Crippen LogP contribution in [-0.2, 0) is 4.74 Å². The summed E-state index contributed by atoms with van der Waals surface area (Å²) in [5, 5.41) is 0. The van der Waals surface area contributed by atoms with E-state index in [1.54, 1.807) is 6.92 Å². The fraction of sp³-hybridized carbons (Fsp3) is 0.474. The van der Waals surface area contributed by atoms with Crippen molar-refractivity contribution >= 4 is 11.6 Å². The summed E-state index contributed by atoms with van der Waals surface area (Å²) in [6.45, 7) is 11.3. The second-order valence-corrected chi connectivity index (χ2v) is 6.12. The van der Waals surface area contributed by atoms with Gasteiger partial charge in [-0.2, -0.15) is 0 Å². The highest BCUT2D eigenvalue weighted by Crippen LogP contribution is 2.13. The van der Waals surface area contributed by atoms with Gasteiger partial charge in [-0.3, -0.25) is 9.30 Å². The molecule has 0 N–H and O–H groups in total. The standard InChI is InChI=1S/C19H25N3O2/c1-6-24-19(23)18-16(22-12-8-7-11-17(22)20-18)10-9-13-21(14(2)3)15(4)5/h7-8,11-12,14-15H,6,13H2,1-5H3. The van der Waals surface area contributed by atoms with Crippen LogP contribution in [0.3, 0.4) is 0 Å². The predicted octanol–water partition coefficient (Wildman–Crippen LogP) is 2.98. The summed E-state index contributed by atoms with van der Waals surface area (Å²) in [7, 11) is 0. The summed E-state index contributed by atoms with van der Waals surface area (Å²) in [6, 6.07) is 6.44. The molecule has 0 saturated heterocycles. The molecule has 0 bridgehead atoms. The number of imidazole rings is 1. The van der Waals surface area contributed by atoms with E-state index in [9.17, 15) is 4.79 Å². The molecule has 2 aromatic heterocycles. The smallest absolute Gasteiger partial charge is 0.359 e. The second-order valence-electron chi connectivity index (χ2n) is 6.12. The summed E-state index contributed by atoms with van der Waals surface area (Å²) in [5.41, 5.74) is 1.54. The first kappa shape index (κ1) is 18.0.